The van der Waals surface area contributed by atoms with Crippen LogP contribution in [0.25, 0.3) is 0 Å². The first-order valence-corrected chi connectivity index (χ1v) is 10.3. The van der Waals surface area contributed by atoms with Crippen LogP contribution in [-0.4, -0.2) is 55.8 Å². The quantitative estimate of drug-likeness (QED) is 0.263. The Morgan fingerprint density at radius 3 is 2.53 bits per heavy atom. The molecule has 1 aromatic heterocycles. The number of ether oxygens (including phenoxy) is 1. The number of aliphatic hydroxyl groups is 1. The highest BCUT2D eigenvalue weighted by atomic mass is 127. The number of rotatable bonds is 9. The van der Waals surface area contributed by atoms with Gasteiger partial charge in [0, 0.05) is 6.54 Å². The van der Waals surface area contributed by atoms with E-state index in [1.54, 1.807) is 25.5 Å². The lowest BCUT2D eigenvalue weighted by atomic mass is 10.1. The van der Waals surface area contributed by atoms with Crippen molar-refractivity contribution in [1.82, 2.24) is 15.5 Å². The molecule has 30 heavy (non-hydrogen) atoms. The van der Waals surface area contributed by atoms with Gasteiger partial charge in [-0.05, 0) is 62.7 Å². The molecule has 1 fully saturated rings. The van der Waals surface area contributed by atoms with E-state index in [0.29, 0.717) is 24.8 Å². The maximum absolute atomic E-state index is 10.2. The van der Waals surface area contributed by atoms with E-state index in [4.69, 9.17) is 14.1 Å². The van der Waals surface area contributed by atoms with Gasteiger partial charge in [0.15, 0.2) is 5.96 Å². The first kappa shape index (κ1) is 24.5. The average molecular weight is 528 g/mol. The second kappa shape index (κ2) is 12.8. The lowest BCUT2D eigenvalue weighted by molar-refractivity contribution is 0.153. The highest BCUT2D eigenvalue weighted by Gasteiger charge is 2.23. The fourth-order valence-corrected chi connectivity index (χ4v) is 3.61. The molecule has 7 nitrogen and oxygen atoms in total. The Bertz CT molecular complexity index is 746. The second-order valence-corrected chi connectivity index (χ2v) is 7.16. The van der Waals surface area contributed by atoms with Crippen LogP contribution in [0.3, 0.4) is 0 Å². The van der Waals surface area contributed by atoms with E-state index in [1.165, 1.54) is 18.4 Å². The van der Waals surface area contributed by atoms with Gasteiger partial charge in [-0.25, -0.2) is 0 Å². The van der Waals surface area contributed by atoms with E-state index in [1.807, 2.05) is 19.1 Å². The summed E-state index contributed by atoms with van der Waals surface area (Å²) in [4.78, 5) is 7.30. The number of aliphatic imine (C=N–C) groups is 1. The van der Waals surface area contributed by atoms with Crippen LogP contribution in [0.1, 0.15) is 43.2 Å². The topological polar surface area (TPSA) is 82.3 Å². The Balaban J connectivity index is 0.00000320. The Hall–Kier alpha value is -1.78. The van der Waals surface area contributed by atoms with Crippen LogP contribution in [-0.2, 0) is 0 Å². The van der Waals surface area contributed by atoms with E-state index in [0.717, 1.165) is 25.4 Å². The minimum Gasteiger partial charge on any atom is -0.497 e. The number of nitrogens with one attached hydrogen (secondary N) is 2. The first-order valence-electron chi connectivity index (χ1n) is 10.3. The van der Waals surface area contributed by atoms with Crippen molar-refractivity contribution in [3.8, 4) is 5.75 Å². The molecule has 2 heterocycles. The fraction of sp³-hybridized carbons (Fsp3) is 0.500. The summed E-state index contributed by atoms with van der Waals surface area (Å²) in [7, 11) is 1.68. The normalized spacial score (nSPS) is 16.6. The van der Waals surface area contributed by atoms with Gasteiger partial charge in [0.05, 0.1) is 32.5 Å². The van der Waals surface area contributed by atoms with Crippen LogP contribution in [0.15, 0.2) is 52.1 Å². The van der Waals surface area contributed by atoms with Crippen molar-refractivity contribution >= 4 is 29.9 Å². The summed E-state index contributed by atoms with van der Waals surface area (Å²) < 4.78 is 10.6. The number of nitrogens with zero attached hydrogens (tertiary/aromatic N) is 2. The van der Waals surface area contributed by atoms with Gasteiger partial charge in [0.25, 0.3) is 0 Å². The molecule has 0 radical (unpaired) electrons. The van der Waals surface area contributed by atoms with E-state index >= 15 is 0 Å². The number of likely N-dealkylation sites (tertiary alicyclic amines) is 1. The van der Waals surface area contributed by atoms with Crippen molar-refractivity contribution in [3.63, 3.8) is 0 Å². The molecule has 166 valence electrons. The van der Waals surface area contributed by atoms with Crippen molar-refractivity contribution in [2.45, 2.75) is 31.9 Å². The lowest BCUT2D eigenvalue weighted by Crippen LogP contribution is -2.40. The third-order valence-corrected chi connectivity index (χ3v) is 5.18. The Morgan fingerprint density at radius 1 is 1.20 bits per heavy atom. The zero-order valence-corrected chi connectivity index (χ0v) is 20.0. The largest absolute Gasteiger partial charge is 0.497 e. The van der Waals surface area contributed by atoms with E-state index in [2.05, 4.69) is 27.7 Å². The smallest absolute Gasteiger partial charge is 0.191 e. The number of hydrogen-bond acceptors (Lipinski definition) is 5. The van der Waals surface area contributed by atoms with Crippen molar-refractivity contribution in [2.24, 2.45) is 4.99 Å². The summed E-state index contributed by atoms with van der Waals surface area (Å²) >= 11 is 0. The van der Waals surface area contributed by atoms with Crippen LogP contribution < -0.4 is 15.4 Å². The molecule has 1 aromatic carbocycles. The van der Waals surface area contributed by atoms with Crippen molar-refractivity contribution in [1.29, 1.82) is 0 Å². The molecule has 0 saturated carbocycles. The van der Waals surface area contributed by atoms with Crippen LogP contribution in [0.5, 0.6) is 5.75 Å². The summed E-state index contributed by atoms with van der Waals surface area (Å²) in [5, 5.41) is 16.7. The van der Waals surface area contributed by atoms with Crippen molar-refractivity contribution in [3.05, 3.63) is 54.0 Å². The fourth-order valence-electron chi connectivity index (χ4n) is 3.61. The Morgan fingerprint density at radius 2 is 1.93 bits per heavy atom. The van der Waals surface area contributed by atoms with Gasteiger partial charge < -0.3 is 24.9 Å². The molecular formula is C22H33IN4O3. The predicted molar refractivity (Wildman–Crippen MR) is 130 cm³/mol. The highest BCUT2D eigenvalue weighted by molar-refractivity contribution is 14.0. The third kappa shape index (κ3) is 6.88. The van der Waals surface area contributed by atoms with Gasteiger partial charge in [-0.2, -0.15) is 0 Å². The third-order valence-electron chi connectivity index (χ3n) is 5.18. The van der Waals surface area contributed by atoms with Crippen LogP contribution in [0, 0.1) is 0 Å². The molecule has 3 N–H and O–H groups in total. The van der Waals surface area contributed by atoms with Gasteiger partial charge in [0.2, 0.25) is 0 Å². The number of hydrogen-bond donors (Lipinski definition) is 3. The molecule has 0 spiro atoms. The second-order valence-electron chi connectivity index (χ2n) is 7.16. The molecule has 8 heteroatoms. The molecule has 3 rings (SSSR count). The predicted octanol–water partition coefficient (Wildman–Crippen LogP) is 3.33. The number of halogens is 1. The SMILES string of the molecule is CCNC(=NCC(c1ccc(OC)cc1)N1CCCC1)NCC(O)c1ccco1.I. The van der Waals surface area contributed by atoms with Gasteiger partial charge in [-0.1, -0.05) is 12.1 Å². The summed E-state index contributed by atoms with van der Waals surface area (Å²) in [6.45, 7) is 5.93. The molecule has 1 aliphatic heterocycles. The maximum atomic E-state index is 10.2. The minimum absolute atomic E-state index is 0. The minimum atomic E-state index is -0.718. The van der Waals surface area contributed by atoms with Crippen LogP contribution >= 0.6 is 24.0 Å². The van der Waals surface area contributed by atoms with Crippen LogP contribution in [0.4, 0.5) is 0 Å². The van der Waals surface area contributed by atoms with E-state index in [9.17, 15) is 5.11 Å². The molecule has 2 atom stereocenters. The number of methoxy groups -OCH3 is 1. The number of guanidine groups is 1. The molecule has 1 saturated heterocycles. The van der Waals surface area contributed by atoms with Gasteiger partial charge in [-0.15, -0.1) is 24.0 Å². The number of aliphatic hydroxyl groups excluding tert-OH is 1. The summed E-state index contributed by atoms with van der Waals surface area (Å²) in [6, 6.07) is 12.0. The maximum Gasteiger partial charge on any atom is 0.191 e. The zero-order chi connectivity index (χ0) is 20.5. The summed E-state index contributed by atoms with van der Waals surface area (Å²) in [5.41, 5.74) is 1.24. The van der Waals surface area contributed by atoms with E-state index < -0.39 is 6.10 Å². The van der Waals surface area contributed by atoms with E-state index in [-0.39, 0.29) is 30.0 Å². The highest BCUT2D eigenvalue weighted by Crippen LogP contribution is 2.27. The summed E-state index contributed by atoms with van der Waals surface area (Å²) in [5.74, 6) is 2.09. The number of furan rings is 1. The molecule has 2 unspecified atom stereocenters. The van der Waals surface area contributed by atoms with Crippen molar-refractivity contribution in [2.75, 3.05) is 39.8 Å². The zero-order valence-electron chi connectivity index (χ0n) is 17.7. The summed E-state index contributed by atoms with van der Waals surface area (Å²) in [6.07, 6.45) is 3.30. The monoisotopic (exact) mass is 528 g/mol. The molecule has 0 amide bonds. The molecule has 2 aromatic rings. The standard InChI is InChI=1S/C22H32N4O3.HI/c1-3-23-22(25-16-20(27)21-7-6-14-29-21)24-15-19(26-12-4-5-13-26)17-8-10-18(28-2)11-9-17;/h6-11,14,19-20,27H,3-5,12-13,15-16H2,1-2H3,(H2,23,24,25);1H. The Kier molecular flexibility index (Phi) is 10.5. The molecule has 0 bridgehead atoms. The van der Waals surface area contributed by atoms with Crippen molar-refractivity contribution < 1.29 is 14.3 Å². The number of benzene rings is 1. The van der Waals surface area contributed by atoms with Crippen LogP contribution in [0.2, 0.25) is 0 Å². The first-order chi connectivity index (χ1) is 14.2. The van der Waals surface area contributed by atoms with Gasteiger partial charge in [-0.3, -0.25) is 9.89 Å². The Labute approximate surface area is 195 Å². The lowest BCUT2D eigenvalue weighted by Gasteiger charge is -2.27. The molecule has 1 aliphatic rings. The van der Waals surface area contributed by atoms with Gasteiger partial charge >= 0.3 is 0 Å². The average Bonchev–Trinajstić information content (AvgIpc) is 3.46. The molecule has 0 aliphatic carbocycles. The molecular weight excluding hydrogens is 495 g/mol. The van der Waals surface area contributed by atoms with Gasteiger partial charge in [0.1, 0.15) is 17.6 Å².